The zero-order valence-corrected chi connectivity index (χ0v) is 16.7. The number of esters is 1. The van der Waals surface area contributed by atoms with Crippen molar-refractivity contribution in [3.63, 3.8) is 0 Å². The molecule has 0 spiro atoms. The highest BCUT2D eigenvalue weighted by atomic mass is 79.9. The van der Waals surface area contributed by atoms with E-state index in [1.807, 2.05) is 6.07 Å². The Morgan fingerprint density at radius 1 is 0.929 bits per heavy atom. The number of methoxy groups -OCH3 is 1. The number of benzene rings is 3. The van der Waals surface area contributed by atoms with E-state index in [1.54, 1.807) is 79.9 Å². The highest BCUT2D eigenvalue weighted by Crippen LogP contribution is 2.25. The number of amides is 1. The van der Waals surface area contributed by atoms with Crippen LogP contribution in [-0.4, -0.2) is 19.0 Å². The van der Waals surface area contributed by atoms with Gasteiger partial charge in [0.15, 0.2) is 0 Å². The van der Waals surface area contributed by atoms with Crippen LogP contribution in [0.25, 0.3) is 0 Å². The molecule has 0 saturated carbocycles. The molecule has 1 atom stereocenters. The van der Waals surface area contributed by atoms with E-state index in [-0.39, 0.29) is 0 Å². The first-order valence-electron chi connectivity index (χ1n) is 8.54. The summed E-state index contributed by atoms with van der Waals surface area (Å²) in [5.41, 5.74) is 1.46. The lowest BCUT2D eigenvalue weighted by Crippen LogP contribution is -2.26. The van der Waals surface area contributed by atoms with Crippen molar-refractivity contribution in [2.24, 2.45) is 0 Å². The van der Waals surface area contributed by atoms with Crippen LogP contribution in [0.15, 0.2) is 83.3 Å². The lowest BCUT2D eigenvalue weighted by molar-refractivity contribution is -0.125. The molecular formula is C22H18BrNO4. The number of carbonyl (C=O) groups excluding carboxylic acids is 2. The van der Waals surface area contributed by atoms with Gasteiger partial charge >= 0.3 is 5.97 Å². The molecule has 0 heterocycles. The van der Waals surface area contributed by atoms with Crippen LogP contribution in [0, 0.1) is 0 Å². The molecule has 0 bridgehead atoms. The van der Waals surface area contributed by atoms with E-state index in [0.29, 0.717) is 27.0 Å². The number of hydrogen-bond acceptors (Lipinski definition) is 4. The summed E-state index contributed by atoms with van der Waals surface area (Å²) >= 11 is 3.33. The maximum absolute atomic E-state index is 12.9. The third-order valence-electron chi connectivity index (χ3n) is 4.00. The number of halogens is 1. The summed E-state index contributed by atoms with van der Waals surface area (Å²) in [6.07, 6.45) is -1.10. The molecule has 0 aliphatic rings. The standard InChI is InChI=1S/C22H18BrNO4/c1-27-17-11-7-10-16(14-17)24-21(25)20(15-8-3-2-4-9-15)28-22(26)18-12-5-6-13-19(18)23/h2-14,20H,1H3,(H,24,25). The largest absolute Gasteiger partial charge is 0.497 e. The van der Waals surface area contributed by atoms with E-state index in [9.17, 15) is 9.59 Å². The summed E-state index contributed by atoms with van der Waals surface area (Å²) in [6, 6.07) is 22.7. The van der Waals surface area contributed by atoms with Gasteiger partial charge in [0.1, 0.15) is 5.75 Å². The fourth-order valence-corrected chi connectivity index (χ4v) is 3.05. The fourth-order valence-electron chi connectivity index (χ4n) is 2.61. The van der Waals surface area contributed by atoms with Gasteiger partial charge in [-0.3, -0.25) is 4.79 Å². The molecule has 1 amide bonds. The van der Waals surface area contributed by atoms with E-state index in [0.717, 1.165) is 0 Å². The topological polar surface area (TPSA) is 64.6 Å². The number of rotatable bonds is 6. The molecule has 0 aromatic heterocycles. The van der Waals surface area contributed by atoms with Crippen molar-refractivity contribution in [3.8, 4) is 5.75 Å². The van der Waals surface area contributed by atoms with Gasteiger partial charge in [0.2, 0.25) is 6.10 Å². The molecule has 5 nitrogen and oxygen atoms in total. The molecule has 3 aromatic rings. The van der Waals surface area contributed by atoms with Crippen LogP contribution < -0.4 is 10.1 Å². The maximum Gasteiger partial charge on any atom is 0.340 e. The van der Waals surface area contributed by atoms with Crippen molar-refractivity contribution < 1.29 is 19.1 Å². The molecule has 0 aliphatic carbocycles. The van der Waals surface area contributed by atoms with Crippen molar-refractivity contribution in [2.45, 2.75) is 6.10 Å². The Bertz CT molecular complexity index is 975. The van der Waals surface area contributed by atoms with Crippen LogP contribution in [0.1, 0.15) is 22.0 Å². The zero-order valence-electron chi connectivity index (χ0n) is 15.1. The Kier molecular flexibility index (Phi) is 6.45. The van der Waals surface area contributed by atoms with Crippen molar-refractivity contribution in [1.29, 1.82) is 0 Å². The number of carbonyl (C=O) groups is 2. The van der Waals surface area contributed by atoms with Crippen LogP contribution >= 0.6 is 15.9 Å². The van der Waals surface area contributed by atoms with Gasteiger partial charge in [0, 0.05) is 21.8 Å². The normalized spacial score (nSPS) is 11.4. The Labute approximate surface area is 171 Å². The smallest absolute Gasteiger partial charge is 0.340 e. The summed E-state index contributed by atoms with van der Waals surface area (Å²) in [4.78, 5) is 25.6. The van der Waals surface area contributed by atoms with Gasteiger partial charge in [-0.15, -0.1) is 0 Å². The third-order valence-corrected chi connectivity index (χ3v) is 4.69. The van der Waals surface area contributed by atoms with Crippen LogP contribution in [0.4, 0.5) is 5.69 Å². The highest BCUT2D eigenvalue weighted by Gasteiger charge is 2.26. The van der Waals surface area contributed by atoms with Gasteiger partial charge in [-0.2, -0.15) is 0 Å². The zero-order chi connectivity index (χ0) is 19.9. The van der Waals surface area contributed by atoms with Crippen LogP contribution in [0.2, 0.25) is 0 Å². The minimum atomic E-state index is -1.10. The van der Waals surface area contributed by atoms with E-state index in [2.05, 4.69) is 21.2 Å². The molecule has 3 rings (SSSR count). The van der Waals surface area contributed by atoms with Crippen LogP contribution in [0.5, 0.6) is 5.75 Å². The molecule has 0 aliphatic heterocycles. The minimum Gasteiger partial charge on any atom is -0.497 e. The van der Waals surface area contributed by atoms with Gasteiger partial charge in [-0.05, 0) is 40.2 Å². The second-order valence-corrected chi connectivity index (χ2v) is 6.75. The van der Waals surface area contributed by atoms with Gasteiger partial charge in [-0.25, -0.2) is 4.79 Å². The SMILES string of the molecule is COc1cccc(NC(=O)C(OC(=O)c2ccccc2Br)c2ccccc2)c1. The lowest BCUT2D eigenvalue weighted by atomic mass is 10.1. The van der Waals surface area contributed by atoms with Crippen molar-refractivity contribution in [3.05, 3.63) is 94.5 Å². The van der Waals surface area contributed by atoms with E-state index in [1.165, 1.54) is 0 Å². The summed E-state index contributed by atoms with van der Waals surface area (Å²) in [7, 11) is 1.55. The molecule has 0 radical (unpaired) electrons. The number of anilines is 1. The summed E-state index contributed by atoms with van der Waals surface area (Å²) in [6.45, 7) is 0. The van der Waals surface area contributed by atoms with Crippen LogP contribution in [0.3, 0.4) is 0 Å². The predicted molar refractivity (Wildman–Crippen MR) is 110 cm³/mol. The molecule has 0 saturated heterocycles. The second kappa shape index (κ2) is 9.19. The molecule has 1 N–H and O–H groups in total. The average Bonchev–Trinajstić information content (AvgIpc) is 2.73. The van der Waals surface area contributed by atoms with Gasteiger partial charge in [-0.1, -0.05) is 48.5 Å². The van der Waals surface area contributed by atoms with Gasteiger partial charge < -0.3 is 14.8 Å². The Hall–Kier alpha value is -3.12. The first-order chi connectivity index (χ1) is 13.6. The molecule has 1 unspecified atom stereocenters. The van der Waals surface area contributed by atoms with Gasteiger partial charge in [0.25, 0.3) is 5.91 Å². The molecule has 3 aromatic carbocycles. The summed E-state index contributed by atoms with van der Waals surface area (Å²) in [5.74, 6) is -0.443. The number of ether oxygens (including phenoxy) is 2. The quantitative estimate of drug-likeness (QED) is 0.549. The lowest BCUT2D eigenvalue weighted by Gasteiger charge is -2.18. The number of hydrogen-bond donors (Lipinski definition) is 1. The van der Waals surface area contributed by atoms with Crippen molar-refractivity contribution in [1.82, 2.24) is 0 Å². The molecule has 28 heavy (non-hydrogen) atoms. The van der Waals surface area contributed by atoms with Crippen LogP contribution in [-0.2, 0) is 9.53 Å². The van der Waals surface area contributed by atoms with E-state index < -0.39 is 18.0 Å². The minimum absolute atomic E-state index is 0.345. The molecular weight excluding hydrogens is 422 g/mol. The van der Waals surface area contributed by atoms with E-state index >= 15 is 0 Å². The Morgan fingerprint density at radius 3 is 2.36 bits per heavy atom. The highest BCUT2D eigenvalue weighted by molar-refractivity contribution is 9.10. The fraction of sp³-hybridized carbons (Fsp3) is 0.0909. The third kappa shape index (κ3) is 4.78. The summed E-state index contributed by atoms with van der Waals surface area (Å²) in [5, 5.41) is 2.78. The average molecular weight is 440 g/mol. The molecule has 0 fully saturated rings. The first kappa shape index (κ1) is 19.6. The van der Waals surface area contributed by atoms with Gasteiger partial charge in [0.05, 0.1) is 12.7 Å². The molecule has 142 valence electrons. The maximum atomic E-state index is 12.9. The Morgan fingerprint density at radius 2 is 1.64 bits per heavy atom. The van der Waals surface area contributed by atoms with Crippen molar-refractivity contribution in [2.75, 3.05) is 12.4 Å². The monoisotopic (exact) mass is 439 g/mol. The number of nitrogens with one attached hydrogen (secondary N) is 1. The Balaban J connectivity index is 1.86. The van der Waals surface area contributed by atoms with E-state index in [4.69, 9.17) is 9.47 Å². The van der Waals surface area contributed by atoms with Crippen molar-refractivity contribution >= 4 is 33.5 Å². The first-order valence-corrected chi connectivity index (χ1v) is 9.33. The summed E-state index contributed by atoms with van der Waals surface area (Å²) < 4.78 is 11.4. The second-order valence-electron chi connectivity index (χ2n) is 5.90. The predicted octanol–water partition coefficient (Wildman–Crippen LogP) is 4.99. The molecule has 6 heteroatoms.